The van der Waals surface area contributed by atoms with Gasteiger partial charge in [-0.3, -0.25) is 0 Å². The molecule has 1 heterocycles. The molecule has 23 heavy (non-hydrogen) atoms. The minimum atomic E-state index is -0.380. The second-order valence-electron chi connectivity index (χ2n) is 4.65. The minimum Gasteiger partial charge on any atom is -0.437 e. The zero-order valence-corrected chi connectivity index (χ0v) is 11.9. The van der Waals surface area contributed by atoms with Gasteiger partial charge in [0.25, 0.3) is 0 Å². The number of oxime groups is 1. The van der Waals surface area contributed by atoms with Gasteiger partial charge in [-0.25, -0.2) is 13.8 Å². The smallest absolute Gasteiger partial charge is 0.235 e. The molecule has 0 saturated heterocycles. The fourth-order valence-corrected chi connectivity index (χ4v) is 1.89. The topological polar surface area (TPSA) is 47.6 Å². The quantitative estimate of drug-likeness (QED) is 0.524. The lowest BCUT2D eigenvalue weighted by Crippen LogP contribution is -1.90. The summed E-state index contributed by atoms with van der Waals surface area (Å²) in [6.07, 6.45) is 2.80. The zero-order valence-electron chi connectivity index (χ0n) is 11.9. The van der Waals surface area contributed by atoms with Crippen LogP contribution in [0.25, 0.3) is 11.3 Å². The summed E-state index contributed by atoms with van der Waals surface area (Å²) < 4.78 is 31.7. The van der Waals surface area contributed by atoms with Gasteiger partial charge >= 0.3 is 0 Å². The number of rotatable bonds is 5. The first kappa shape index (κ1) is 14.9. The number of nitrogens with zero attached hydrogens (tertiary/aromatic N) is 2. The molecule has 0 saturated carbocycles. The van der Waals surface area contributed by atoms with Gasteiger partial charge in [0.15, 0.2) is 12.4 Å². The van der Waals surface area contributed by atoms with E-state index >= 15 is 0 Å². The molecular formula is C17H12F2N2O2. The number of hydrogen-bond acceptors (Lipinski definition) is 4. The summed E-state index contributed by atoms with van der Waals surface area (Å²) in [5, 5.41) is 3.68. The molecule has 3 aromatic rings. The third-order valence-electron chi connectivity index (χ3n) is 3.04. The van der Waals surface area contributed by atoms with Gasteiger partial charge in [-0.05, 0) is 30.3 Å². The lowest BCUT2D eigenvalue weighted by molar-refractivity contribution is 0.113. The van der Waals surface area contributed by atoms with E-state index in [1.807, 2.05) is 0 Å². The SMILES string of the molecule is Fc1ccc(-c2cnc(CO/N=C\c3ccccc3F)o2)cc1. The molecule has 0 amide bonds. The van der Waals surface area contributed by atoms with Crippen molar-refractivity contribution in [2.24, 2.45) is 5.16 Å². The number of benzene rings is 2. The zero-order chi connectivity index (χ0) is 16.1. The molecule has 0 N–H and O–H groups in total. The Morgan fingerprint density at radius 2 is 1.87 bits per heavy atom. The lowest BCUT2D eigenvalue weighted by atomic mass is 10.2. The van der Waals surface area contributed by atoms with Crippen LogP contribution in [0, 0.1) is 11.6 Å². The Labute approximate surface area is 131 Å². The summed E-state index contributed by atoms with van der Waals surface area (Å²) >= 11 is 0. The van der Waals surface area contributed by atoms with Crippen LogP contribution in [0.4, 0.5) is 8.78 Å². The van der Waals surface area contributed by atoms with Crippen LogP contribution >= 0.6 is 0 Å². The van der Waals surface area contributed by atoms with Crippen molar-refractivity contribution in [1.29, 1.82) is 0 Å². The van der Waals surface area contributed by atoms with Crippen molar-refractivity contribution in [2.45, 2.75) is 6.61 Å². The van der Waals surface area contributed by atoms with Crippen molar-refractivity contribution in [3.05, 3.63) is 77.8 Å². The van der Waals surface area contributed by atoms with E-state index < -0.39 is 0 Å². The molecule has 0 aliphatic heterocycles. The first-order chi connectivity index (χ1) is 11.2. The third-order valence-corrected chi connectivity index (χ3v) is 3.04. The average molecular weight is 314 g/mol. The monoisotopic (exact) mass is 314 g/mol. The van der Waals surface area contributed by atoms with Gasteiger partial charge in [0, 0.05) is 11.1 Å². The molecule has 1 aromatic heterocycles. The molecule has 0 aliphatic rings. The molecule has 0 spiro atoms. The third kappa shape index (κ3) is 3.79. The predicted molar refractivity (Wildman–Crippen MR) is 80.7 cm³/mol. The molecule has 0 atom stereocenters. The Hall–Kier alpha value is -3.02. The molecule has 0 radical (unpaired) electrons. The Balaban J connectivity index is 1.59. The lowest BCUT2D eigenvalue weighted by Gasteiger charge is -1.97. The normalized spacial score (nSPS) is 11.0. The van der Waals surface area contributed by atoms with Crippen LogP contribution in [0.1, 0.15) is 11.5 Å². The first-order valence-corrected chi connectivity index (χ1v) is 6.83. The number of halogens is 2. The van der Waals surface area contributed by atoms with Crippen LogP contribution in [0.3, 0.4) is 0 Å². The number of hydrogen-bond donors (Lipinski definition) is 0. The summed E-state index contributed by atoms with van der Waals surface area (Å²) in [6.45, 7) is 0.00610. The highest BCUT2D eigenvalue weighted by molar-refractivity contribution is 5.79. The van der Waals surface area contributed by atoms with E-state index in [-0.39, 0.29) is 18.2 Å². The van der Waals surface area contributed by atoms with E-state index in [0.717, 1.165) is 0 Å². The highest BCUT2D eigenvalue weighted by Crippen LogP contribution is 2.20. The molecule has 2 aromatic carbocycles. The summed E-state index contributed by atoms with van der Waals surface area (Å²) in [5.41, 5.74) is 1.03. The van der Waals surface area contributed by atoms with E-state index in [1.165, 1.54) is 30.6 Å². The maximum atomic E-state index is 13.4. The van der Waals surface area contributed by atoms with Crippen LogP contribution in [0.15, 0.2) is 64.3 Å². The van der Waals surface area contributed by atoms with E-state index in [4.69, 9.17) is 9.25 Å². The van der Waals surface area contributed by atoms with Crippen molar-refractivity contribution in [3.8, 4) is 11.3 Å². The Kier molecular flexibility index (Phi) is 4.42. The van der Waals surface area contributed by atoms with E-state index in [0.29, 0.717) is 22.8 Å². The van der Waals surface area contributed by atoms with Gasteiger partial charge in [-0.1, -0.05) is 23.4 Å². The summed E-state index contributed by atoms with van der Waals surface area (Å²) in [4.78, 5) is 9.08. The highest BCUT2D eigenvalue weighted by atomic mass is 19.1. The Morgan fingerprint density at radius 1 is 1.09 bits per heavy atom. The molecule has 3 rings (SSSR count). The minimum absolute atomic E-state index is 0.00610. The average Bonchev–Trinajstić information content (AvgIpc) is 3.03. The number of oxazole rings is 1. The maximum Gasteiger partial charge on any atom is 0.235 e. The second-order valence-corrected chi connectivity index (χ2v) is 4.65. The van der Waals surface area contributed by atoms with Crippen molar-refractivity contribution in [2.75, 3.05) is 0 Å². The fourth-order valence-electron chi connectivity index (χ4n) is 1.89. The van der Waals surface area contributed by atoms with Gasteiger partial charge in [0.2, 0.25) is 5.89 Å². The first-order valence-electron chi connectivity index (χ1n) is 6.83. The Bertz CT molecular complexity index is 813. The highest BCUT2D eigenvalue weighted by Gasteiger charge is 2.07. The molecule has 0 aliphatic carbocycles. The Morgan fingerprint density at radius 3 is 2.65 bits per heavy atom. The predicted octanol–water partition coefficient (Wildman–Crippen LogP) is 4.17. The van der Waals surface area contributed by atoms with E-state index in [2.05, 4.69) is 10.1 Å². The molecule has 0 bridgehead atoms. The molecular weight excluding hydrogens is 302 g/mol. The molecule has 116 valence electrons. The van der Waals surface area contributed by atoms with Crippen LogP contribution in [0.5, 0.6) is 0 Å². The van der Waals surface area contributed by atoms with Gasteiger partial charge in [0.05, 0.1) is 12.4 Å². The molecule has 0 unspecified atom stereocenters. The largest absolute Gasteiger partial charge is 0.437 e. The van der Waals surface area contributed by atoms with Gasteiger partial charge in [-0.2, -0.15) is 0 Å². The molecule has 6 heteroatoms. The van der Waals surface area contributed by atoms with Crippen molar-refractivity contribution < 1.29 is 18.0 Å². The summed E-state index contributed by atoms with van der Waals surface area (Å²) in [5.74, 6) is 0.116. The molecule has 0 fully saturated rings. The van der Waals surface area contributed by atoms with E-state index in [1.54, 1.807) is 30.3 Å². The van der Waals surface area contributed by atoms with Gasteiger partial charge in [-0.15, -0.1) is 0 Å². The standard InChI is InChI=1S/C17H12F2N2O2/c18-14-7-5-12(6-8-14)16-10-20-17(23-16)11-22-21-9-13-3-1-2-4-15(13)19/h1-10H,11H2/b21-9-. The fraction of sp³-hybridized carbons (Fsp3) is 0.0588. The van der Waals surface area contributed by atoms with Crippen LogP contribution in [-0.4, -0.2) is 11.2 Å². The van der Waals surface area contributed by atoms with Crippen molar-refractivity contribution in [3.63, 3.8) is 0 Å². The van der Waals surface area contributed by atoms with Gasteiger partial charge < -0.3 is 9.25 Å². The van der Waals surface area contributed by atoms with Crippen molar-refractivity contribution in [1.82, 2.24) is 4.98 Å². The summed E-state index contributed by atoms with van der Waals surface area (Å²) in [7, 11) is 0. The van der Waals surface area contributed by atoms with Crippen LogP contribution in [0.2, 0.25) is 0 Å². The van der Waals surface area contributed by atoms with Crippen LogP contribution in [-0.2, 0) is 11.4 Å². The van der Waals surface area contributed by atoms with Crippen molar-refractivity contribution >= 4 is 6.21 Å². The second kappa shape index (κ2) is 6.83. The molecule has 4 nitrogen and oxygen atoms in total. The van der Waals surface area contributed by atoms with E-state index in [9.17, 15) is 8.78 Å². The summed E-state index contributed by atoms with van der Waals surface area (Å²) in [6, 6.07) is 12.1. The maximum absolute atomic E-state index is 13.4. The van der Waals surface area contributed by atoms with Gasteiger partial charge in [0.1, 0.15) is 11.6 Å². The number of aromatic nitrogens is 1. The van der Waals surface area contributed by atoms with Crippen LogP contribution < -0.4 is 0 Å².